The van der Waals surface area contributed by atoms with Crippen LogP contribution in [-0.4, -0.2) is 22.1 Å². The second kappa shape index (κ2) is 15.1. The van der Waals surface area contributed by atoms with Crippen LogP contribution in [0.15, 0.2) is 15.8 Å². The molecule has 0 saturated heterocycles. The van der Waals surface area contributed by atoms with Crippen molar-refractivity contribution in [3.05, 3.63) is 32.6 Å². The van der Waals surface area contributed by atoms with Crippen molar-refractivity contribution in [1.82, 2.24) is 9.55 Å². The molecule has 1 heterocycles. The second-order valence-electron chi connectivity index (χ2n) is 7.62. The summed E-state index contributed by atoms with van der Waals surface area (Å²) in [6, 6.07) is 0. The van der Waals surface area contributed by atoms with Crippen LogP contribution in [0.2, 0.25) is 0 Å². The SMILES string of the molecule is CCCCCCCCCCCCCCOC(=O)CCn1cc(C)c(=O)[nH]c1=O. The van der Waals surface area contributed by atoms with E-state index in [0.29, 0.717) is 12.2 Å². The zero-order valence-corrected chi connectivity index (χ0v) is 17.8. The zero-order valence-electron chi connectivity index (χ0n) is 17.8. The molecule has 0 fully saturated rings. The molecule has 160 valence electrons. The molecule has 0 amide bonds. The molecule has 1 N–H and O–H groups in total. The molecule has 0 aliphatic rings. The molecule has 0 atom stereocenters. The van der Waals surface area contributed by atoms with E-state index >= 15 is 0 Å². The van der Waals surface area contributed by atoms with E-state index in [1.54, 1.807) is 6.92 Å². The number of unbranched alkanes of at least 4 members (excludes halogenated alkanes) is 11. The van der Waals surface area contributed by atoms with Gasteiger partial charge in [-0.15, -0.1) is 0 Å². The maximum absolute atomic E-state index is 11.8. The average molecular weight is 395 g/mol. The fourth-order valence-electron chi connectivity index (χ4n) is 3.20. The van der Waals surface area contributed by atoms with Crippen molar-refractivity contribution >= 4 is 5.97 Å². The van der Waals surface area contributed by atoms with Gasteiger partial charge in [-0.1, -0.05) is 77.6 Å². The Hall–Kier alpha value is -1.85. The summed E-state index contributed by atoms with van der Waals surface area (Å²) < 4.78 is 6.56. The standard InChI is InChI=1S/C22H38N2O4/c1-3-4-5-6-7-8-9-10-11-12-13-14-17-28-20(25)15-16-24-18-19(2)21(26)23-22(24)27/h18H,3-17H2,1-2H3,(H,23,26,27). The quantitative estimate of drug-likeness (QED) is 0.331. The highest BCUT2D eigenvalue weighted by atomic mass is 16.5. The lowest BCUT2D eigenvalue weighted by Crippen LogP contribution is -2.31. The monoisotopic (exact) mass is 394 g/mol. The predicted octanol–water partition coefficient (Wildman–Crippen LogP) is 4.48. The van der Waals surface area contributed by atoms with E-state index in [1.165, 1.54) is 75.0 Å². The summed E-state index contributed by atoms with van der Waals surface area (Å²) in [5, 5.41) is 0. The van der Waals surface area contributed by atoms with Gasteiger partial charge in [0.25, 0.3) is 5.56 Å². The number of carbonyl (C=O) groups is 1. The molecular formula is C22H38N2O4. The summed E-state index contributed by atoms with van der Waals surface area (Å²) in [6.45, 7) is 4.53. The molecular weight excluding hydrogens is 356 g/mol. The molecule has 0 radical (unpaired) electrons. The van der Waals surface area contributed by atoms with Crippen LogP contribution in [0.1, 0.15) is 96.0 Å². The van der Waals surface area contributed by atoms with Crippen LogP contribution >= 0.6 is 0 Å². The average Bonchev–Trinajstić information content (AvgIpc) is 2.67. The number of nitrogens with one attached hydrogen (secondary N) is 1. The van der Waals surface area contributed by atoms with E-state index in [4.69, 9.17) is 4.74 Å². The van der Waals surface area contributed by atoms with Crippen molar-refractivity contribution < 1.29 is 9.53 Å². The highest BCUT2D eigenvalue weighted by Crippen LogP contribution is 2.12. The van der Waals surface area contributed by atoms with Crippen LogP contribution in [0.3, 0.4) is 0 Å². The number of H-pyrrole nitrogens is 1. The zero-order chi connectivity index (χ0) is 20.6. The van der Waals surface area contributed by atoms with Crippen molar-refractivity contribution in [3.8, 4) is 0 Å². The van der Waals surface area contributed by atoms with Gasteiger partial charge in [0.2, 0.25) is 0 Å². The van der Waals surface area contributed by atoms with Gasteiger partial charge in [-0.05, 0) is 13.3 Å². The third-order valence-electron chi connectivity index (χ3n) is 5.01. The van der Waals surface area contributed by atoms with E-state index in [1.807, 2.05) is 0 Å². The lowest BCUT2D eigenvalue weighted by atomic mass is 10.1. The number of aromatic nitrogens is 2. The first-order valence-electron chi connectivity index (χ1n) is 11.0. The molecule has 28 heavy (non-hydrogen) atoms. The fourth-order valence-corrected chi connectivity index (χ4v) is 3.20. The Balaban J connectivity index is 1.96. The number of ether oxygens (including phenoxy) is 1. The maximum atomic E-state index is 11.8. The molecule has 6 heteroatoms. The Labute approximate surface area is 168 Å². The van der Waals surface area contributed by atoms with Gasteiger partial charge in [0, 0.05) is 18.3 Å². The first-order valence-corrected chi connectivity index (χ1v) is 11.0. The number of hydrogen-bond acceptors (Lipinski definition) is 4. The lowest BCUT2D eigenvalue weighted by molar-refractivity contribution is -0.144. The third kappa shape index (κ3) is 11.1. The van der Waals surface area contributed by atoms with Gasteiger partial charge in [-0.2, -0.15) is 0 Å². The molecule has 6 nitrogen and oxygen atoms in total. The number of aryl methyl sites for hydroxylation is 2. The summed E-state index contributed by atoms with van der Waals surface area (Å²) in [6.07, 6.45) is 16.9. The number of aromatic amines is 1. The van der Waals surface area contributed by atoms with Gasteiger partial charge in [0.05, 0.1) is 13.0 Å². The Morgan fingerprint density at radius 1 is 0.929 bits per heavy atom. The second-order valence-corrected chi connectivity index (χ2v) is 7.62. The van der Waals surface area contributed by atoms with E-state index in [-0.39, 0.29) is 18.9 Å². The smallest absolute Gasteiger partial charge is 0.328 e. The molecule has 1 aromatic rings. The molecule has 0 aromatic carbocycles. The van der Waals surface area contributed by atoms with Crippen LogP contribution < -0.4 is 11.2 Å². The van der Waals surface area contributed by atoms with E-state index in [0.717, 1.165) is 12.8 Å². The Morgan fingerprint density at radius 3 is 2.04 bits per heavy atom. The summed E-state index contributed by atoms with van der Waals surface area (Å²) >= 11 is 0. The molecule has 0 unspecified atom stereocenters. The van der Waals surface area contributed by atoms with E-state index in [9.17, 15) is 14.4 Å². The number of carbonyl (C=O) groups excluding carboxylic acids is 1. The summed E-state index contributed by atoms with van der Waals surface area (Å²) in [7, 11) is 0. The number of esters is 1. The summed E-state index contributed by atoms with van der Waals surface area (Å²) in [5.41, 5.74) is -0.440. The number of rotatable bonds is 16. The van der Waals surface area contributed by atoms with Crippen molar-refractivity contribution in [2.24, 2.45) is 0 Å². The van der Waals surface area contributed by atoms with Crippen LogP contribution in [0.25, 0.3) is 0 Å². The molecule has 0 aliphatic carbocycles. The van der Waals surface area contributed by atoms with E-state index in [2.05, 4.69) is 11.9 Å². The van der Waals surface area contributed by atoms with Gasteiger partial charge < -0.3 is 4.74 Å². The Kier molecular flexibility index (Phi) is 13.1. The van der Waals surface area contributed by atoms with Crippen molar-refractivity contribution in [1.29, 1.82) is 0 Å². The van der Waals surface area contributed by atoms with Crippen molar-refractivity contribution in [2.45, 2.75) is 104 Å². The topological polar surface area (TPSA) is 81.2 Å². The molecule has 0 aliphatic heterocycles. The minimum absolute atomic E-state index is 0.129. The predicted molar refractivity (Wildman–Crippen MR) is 113 cm³/mol. The van der Waals surface area contributed by atoms with Gasteiger partial charge in [0.1, 0.15) is 0 Å². The van der Waals surface area contributed by atoms with E-state index < -0.39 is 11.2 Å². The van der Waals surface area contributed by atoms with Crippen LogP contribution in [0.4, 0.5) is 0 Å². The maximum Gasteiger partial charge on any atom is 0.328 e. The highest BCUT2D eigenvalue weighted by Gasteiger charge is 2.06. The minimum atomic E-state index is -0.496. The van der Waals surface area contributed by atoms with Crippen LogP contribution in [0, 0.1) is 6.92 Å². The molecule has 0 bridgehead atoms. The Bertz CT molecular complexity index is 663. The molecule has 0 saturated carbocycles. The van der Waals surface area contributed by atoms with Crippen molar-refractivity contribution in [3.63, 3.8) is 0 Å². The van der Waals surface area contributed by atoms with Crippen molar-refractivity contribution in [2.75, 3.05) is 6.61 Å². The fraction of sp³-hybridized carbons (Fsp3) is 0.773. The summed E-state index contributed by atoms with van der Waals surface area (Å²) in [5.74, 6) is -0.307. The molecule has 0 spiro atoms. The highest BCUT2D eigenvalue weighted by molar-refractivity contribution is 5.69. The number of hydrogen-bond donors (Lipinski definition) is 1. The minimum Gasteiger partial charge on any atom is -0.466 e. The first-order chi connectivity index (χ1) is 13.5. The number of nitrogens with zero attached hydrogens (tertiary/aromatic N) is 1. The Morgan fingerprint density at radius 2 is 1.46 bits per heavy atom. The normalized spacial score (nSPS) is 10.9. The van der Waals surface area contributed by atoms with Crippen LogP contribution in [-0.2, 0) is 16.1 Å². The molecule has 1 rings (SSSR count). The summed E-state index contributed by atoms with van der Waals surface area (Å²) in [4.78, 5) is 37.0. The van der Waals surface area contributed by atoms with Gasteiger partial charge in [-0.3, -0.25) is 19.1 Å². The first kappa shape index (κ1) is 24.2. The molecule has 1 aromatic heterocycles. The lowest BCUT2D eigenvalue weighted by Gasteiger charge is -2.07. The largest absolute Gasteiger partial charge is 0.466 e. The van der Waals surface area contributed by atoms with Gasteiger partial charge in [-0.25, -0.2) is 4.79 Å². The van der Waals surface area contributed by atoms with Gasteiger partial charge in [0.15, 0.2) is 0 Å². The van der Waals surface area contributed by atoms with Gasteiger partial charge >= 0.3 is 11.7 Å². The van der Waals surface area contributed by atoms with Crippen LogP contribution in [0.5, 0.6) is 0 Å². The third-order valence-corrected chi connectivity index (χ3v) is 5.01.